The molecule has 10 nitrogen and oxygen atoms in total. The van der Waals surface area contributed by atoms with Crippen molar-refractivity contribution in [3.8, 4) is 17.2 Å². The van der Waals surface area contributed by atoms with E-state index >= 15 is 0 Å². The standard InChI is InChI=1S/C24H23N3O7S/c1-16-4-2-7-19(12-16)34-15-23(28)25-26-24(29)17-5-3-6-18(13-17)27-35(30,31)20-8-9-21-22(14-20)33-11-10-32-21/h2-9,12-14,27H,10-11,15H2,1H3,(H,25,28)(H,26,29). The number of rotatable bonds is 7. The summed E-state index contributed by atoms with van der Waals surface area (Å²) in [6.45, 7) is 2.33. The van der Waals surface area contributed by atoms with E-state index in [4.69, 9.17) is 14.2 Å². The maximum absolute atomic E-state index is 12.8. The first kappa shape index (κ1) is 23.9. The van der Waals surface area contributed by atoms with Crippen LogP contribution < -0.4 is 29.8 Å². The van der Waals surface area contributed by atoms with Gasteiger partial charge < -0.3 is 14.2 Å². The molecular weight excluding hydrogens is 474 g/mol. The number of anilines is 1. The van der Waals surface area contributed by atoms with Crippen LogP contribution in [0, 0.1) is 6.92 Å². The molecule has 11 heteroatoms. The Hall–Kier alpha value is -4.25. The quantitative estimate of drug-likeness (QED) is 0.427. The number of fused-ring (bicyclic) bond motifs is 1. The Labute approximate surface area is 202 Å². The van der Waals surface area contributed by atoms with Gasteiger partial charge in [-0.3, -0.25) is 25.2 Å². The van der Waals surface area contributed by atoms with E-state index in [1.807, 2.05) is 13.0 Å². The smallest absolute Gasteiger partial charge is 0.276 e. The summed E-state index contributed by atoms with van der Waals surface area (Å²) in [6, 6.07) is 17.4. The van der Waals surface area contributed by atoms with Crippen molar-refractivity contribution >= 4 is 27.5 Å². The third-order valence-electron chi connectivity index (χ3n) is 4.88. The predicted molar refractivity (Wildman–Crippen MR) is 127 cm³/mol. The summed E-state index contributed by atoms with van der Waals surface area (Å²) in [6.07, 6.45) is 0. The third kappa shape index (κ3) is 6.21. The molecule has 182 valence electrons. The summed E-state index contributed by atoms with van der Waals surface area (Å²) in [5.74, 6) is 0.156. The first-order valence-corrected chi connectivity index (χ1v) is 12.1. The molecule has 0 atom stereocenters. The Morgan fingerprint density at radius 1 is 0.914 bits per heavy atom. The fourth-order valence-electron chi connectivity index (χ4n) is 3.22. The van der Waals surface area contributed by atoms with Crippen LogP contribution >= 0.6 is 0 Å². The molecule has 0 bridgehead atoms. The lowest BCUT2D eigenvalue weighted by Gasteiger charge is -2.19. The average molecular weight is 498 g/mol. The van der Waals surface area contributed by atoms with Crippen molar-refractivity contribution in [2.45, 2.75) is 11.8 Å². The molecule has 0 aliphatic carbocycles. The van der Waals surface area contributed by atoms with E-state index < -0.39 is 21.8 Å². The minimum atomic E-state index is -3.96. The summed E-state index contributed by atoms with van der Waals surface area (Å²) in [4.78, 5) is 24.4. The molecule has 1 aliphatic rings. The summed E-state index contributed by atoms with van der Waals surface area (Å²) in [5.41, 5.74) is 5.82. The second kappa shape index (κ2) is 10.3. The zero-order chi connectivity index (χ0) is 24.8. The molecule has 4 rings (SSSR count). The third-order valence-corrected chi connectivity index (χ3v) is 6.25. The Morgan fingerprint density at radius 3 is 2.49 bits per heavy atom. The van der Waals surface area contributed by atoms with E-state index in [-0.39, 0.29) is 22.8 Å². The number of amides is 2. The zero-order valence-corrected chi connectivity index (χ0v) is 19.6. The first-order chi connectivity index (χ1) is 16.8. The summed E-state index contributed by atoms with van der Waals surface area (Å²) in [7, 11) is -3.96. The number of nitrogens with one attached hydrogen (secondary N) is 3. The van der Waals surface area contributed by atoms with Crippen LogP contribution in [-0.2, 0) is 14.8 Å². The lowest BCUT2D eigenvalue weighted by molar-refractivity contribution is -0.123. The minimum Gasteiger partial charge on any atom is -0.486 e. The topological polar surface area (TPSA) is 132 Å². The molecule has 1 heterocycles. The van der Waals surface area contributed by atoms with Crippen LogP contribution in [-0.4, -0.2) is 40.1 Å². The highest BCUT2D eigenvalue weighted by atomic mass is 32.2. The Kier molecular flexibility index (Phi) is 7.06. The van der Waals surface area contributed by atoms with Gasteiger partial charge in [-0.2, -0.15) is 0 Å². The van der Waals surface area contributed by atoms with Crippen molar-refractivity contribution in [3.63, 3.8) is 0 Å². The van der Waals surface area contributed by atoms with Gasteiger partial charge >= 0.3 is 0 Å². The molecule has 3 N–H and O–H groups in total. The van der Waals surface area contributed by atoms with E-state index in [0.29, 0.717) is 30.5 Å². The highest BCUT2D eigenvalue weighted by molar-refractivity contribution is 7.92. The molecular formula is C24H23N3O7S. The van der Waals surface area contributed by atoms with Crippen LogP contribution in [0.3, 0.4) is 0 Å². The van der Waals surface area contributed by atoms with Gasteiger partial charge in [0.2, 0.25) is 0 Å². The second-order valence-electron chi connectivity index (χ2n) is 7.60. The highest BCUT2D eigenvalue weighted by Crippen LogP contribution is 2.32. The van der Waals surface area contributed by atoms with Crippen molar-refractivity contribution in [1.29, 1.82) is 0 Å². The largest absolute Gasteiger partial charge is 0.486 e. The molecule has 0 unspecified atom stereocenters. The Balaban J connectivity index is 1.34. The SMILES string of the molecule is Cc1cccc(OCC(=O)NNC(=O)c2cccc(NS(=O)(=O)c3ccc4c(c3)OCCO4)c2)c1. The summed E-state index contributed by atoms with van der Waals surface area (Å²) in [5, 5.41) is 0. The molecule has 0 aromatic heterocycles. The minimum absolute atomic E-state index is 0.0162. The number of hydrogen-bond acceptors (Lipinski definition) is 7. The van der Waals surface area contributed by atoms with Crippen LogP contribution in [0.25, 0.3) is 0 Å². The predicted octanol–water partition coefficient (Wildman–Crippen LogP) is 2.41. The highest BCUT2D eigenvalue weighted by Gasteiger charge is 2.20. The van der Waals surface area contributed by atoms with E-state index in [0.717, 1.165) is 5.56 Å². The number of hydrazine groups is 1. The van der Waals surface area contributed by atoms with Crippen molar-refractivity contribution in [1.82, 2.24) is 10.9 Å². The van der Waals surface area contributed by atoms with Crippen molar-refractivity contribution < 1.29 is 32.2 Å². The summed E-state index contributed by atoms with van der Waals surface area (Å²) < 4.78 is 44.3. The first-order valence-electron chi connectivity index (χ1n) is 10.6. The molecule has 0 saturated carbocycles. The van der Waals surface area contributed by atoms with Crippen molar-refractivity contribution in [3.05, 3.63) is 77.9 Å². The number of aryl methyl sites for hydroxylation is 1. The molecule has 2 amide bonds. The molecule has 35 heavy (non-hydrogen) atoms. The molecule has 0 fully saturated rings. The average Bonchev–Trinajstić information content (AvgIpc) is 2.85. The van der Waals surface area contributed by atoms with Crippen LogP contribution in [0.5, 0.6) is 17.2 Å². The molecule has 3 aromatic carbocycles. The van der Waals surface area contributed by atoms with Gasteiger partial charge in [-0.25, -0.2) is 8.42 Å². The van der Waals surface area contributed by atoms with Crippen molar-refractivity contribution in [2.24, 2.45) is 0 Å². The van der Waals surface area contributed by atoms with Gasteiger partial charge in [0.1, 0.15) is 19.0 Å². The zero-order valence-electron chi connectivity index (χ0n) is 18.7. The maximum atomic E-state index is 12.8. The van der Waals surface area contributed by atoms with Crippen LogP contribution in [0.15, 0.2) is 71.6 Å². The molecule has 0 saturated heterocycles. The Morgan fingerprint density at radius 2 is 1.69 bits per heavy atom. The lowest BCUT2D eigenvalue weighted by Crippen LogP contribution is -2.43. The van der Waals surface area contributed by atoms with Gasteiger partial charge in [0, 0.05) is 17.3 Å². The molecule has 3 aromatic rings. The second-order valence-corrected chi connectivity index (χ2v) is 9.28. The molecule has 0 radical (unpaired) electrons. The van der Waals surface area contributed by atoms with E-state index in [1.54, 1.807) is 18.2 Å². The number of benzene rings is 3. The van der Waals surface area contributed by atoms with Gasteiger partial charge in [0.15, 0.2) is 18.1 Å². The van der Waals surface area contributed by atoms with Gasteiger partial charge in [0.25, 0.3) is 21.8 Å². The van der Waals surface area contributed by atoms with Crippen LogP contribution in [0.4, 0.5) is 5.69 Å². The summed E-state index contributed by atoms with van der Waals surface area (Å²) >= 11 is 0. The van der Waals surface area contributed by atoms with Crippen LogP contribution in [0.1, 0.15) is 15.9 Å². The van der Waals surface area contributed by atoms with E-state index in [9.17, 15) is 18.0 Å². The number of carbonyl (C=O) groups is 2. The van der Waals surface area contributed by atoms with E-state index in [1.165, 1.54) is 42.5 Å². The fourth-order valence-corrected chi connectivity index (χ4v) is 4.28. The Bertz CT molecular complexity index is 1360. The van der Waals surface area contributed by atoms with Crippen molar-refractivity contribution in [2.75, 3.05) is 24.5 Å². The van der Waals surface area contributed by atoms with Gasteiger partial charge in [-0.1, -0.05) is 18.2 Å². The van der Waals surface area contributed by atoms with Crippen LogP contribution in [0.2, 0.25) is 0 Å². The maximum Gasteiger partial charge on any atom is 0.276 e. The number of carbonyl (C=O) groups excluding carboxylic acids is 2. The lowest BCUT2D eigenvalue weighted by atomic mass is 10.2. The normalized spacial score (nSPS) is 12.4. The van der Waals surface area contributed by atoms with E-state index in [2.05, 4.69) is 15.6 Å². The monoisotopic (exact) mass is 497 g/mol. The van der Waals surface area contributed by atoms with Gasteiger partial charge in [0.05, 0.1) is 4.90 Å². The fraction of sp³-hybridized carbons (Fsp3) is 0.167. The molecule has 0 spiro atoms. The van der Waals surface area contributed by atoms with Gasteiger partial charge in [-0.15, -0.1) is 0 Å². The number of hydrogen-bond donors (Lipinski definition) is 3. The number of sulfonamides is 1. The molecule has 1 aliphatic heterocycles. The van der Waals surface area contributed by atoms with Gasteiger partial charge in [-0.05, 0) is 55.0 Å². The number of ether oxygens (including phenoxy) is 3.